The zero-order chi connectivity index (χ0) is 43.7. The first kappa shape index (κ1) is 46.1. The molecule has 3 heterocycles. The number of nitrogens with one attached hydrogen (secondary N) is 2. The number of hydrogen-bond donors (Lipinski definition) is 1. The van der Waals surface area contributed by atoms with E-state index in [1.165, 1.54) is 103 Å². The molecule has 17 heteroatoms. The Balaban J connectivity index is 0.000000221. The van der Waals surface area contributed by atoms with Crippen molar-refractivity contribution in [2.75, 3.05) is 0 Å². The number of nitro groups is 4. The third kappa shape index (κ3) is 17.2. The van der Waals surface area contributed by atoms with Gasteiger partial charge in [-0.1, -0.05) is 48.5 Å². The summed E-state index contributed by atoms with van der Waals surface area (Å²) in [7, 11) is 0. The Morgan fingerprint density at radius 2 is 0.917 bits per heavy atom. The van der Waals surface area contributed by atoms with E-state index in [-0.39, 0.29) is 28.4 Å². The number of aromatic amines is 1. The molecule has 2 N–H and O–H groups in total. The second-order valence-corrected chi connectivity index (χ2v) is 11.5. The average molecular weight is 845 g/mol. The number of hydrogen-bond acceptors (Lipinski definition) is 10. The van der Waals surface area contributed by atoms with E-state index >= 15 is 0 Å². The summed E-state index contributed by atoms with van der Waals surface area (Å²) < 4.78 is 0. The Bertz CT molecular complexity index is 2280. The number of non-ortho nitro benzene ring substituents is 4. The van der Waals surface area contributed by atoms with Crippen LogP contribution in [0.5, 0.6) is 0 Å². The molecule has 0 saturated carbocycles. The van der Waals surface area contributed by atoms with Crippen LogP contribution < -0.4 is 0 Å². The molecule has 0 saturated heterocycles. The fourth-order valence-corrected chi connectivity index (χ4v) is 4.36. The van der Waals surface area contributed by atoms with Crippen molar-refractivity contribution in [3.05, 3.63) is 251 Å². The van der Waals surface area contributed by atoms with Gasteiger partial charge in [0.25, 0.3) is 0 Å². The average Bonchev–Trinajstić information content (AvgIpc) is 4.05. The van der Waals surface area contributed by atoms with Crippen LogP contribution in [0.3, 0.4) is 0 Å². The van der Waals surface area contributed by atoms with E-state index in [9.17, 15) is 40.5 Å². The Morgan fingerprint density at radius 3 is 1.25 bits per heavy atom. The van der Waals surface area contributed by atoms with E-state index in [4.69, 9.17) is 12.3 Å². The van der Waals surface area contributed by atoms with E-state index in [1.807, 2.05) is 48.6 Å². The summed E-state index contributed by atoms with van der Waals surface area (Å²) >= 11 is 4.57. The summed E-state index contributed by atoms with van der Waals surface area (Å²) in [5.74, 6) is 0. The predicted molar refractivity (Wildman–Crippen MR) is 225 cm³/mol. The van der Waals surface area contributed by atoms with E-state index in [2.05, 4.69) is 54.3 Å². The Kier molecular flexibility index (Phi) is 19.2. The monoisotopic (exact) mass is 844 g/mol. The van der Waals surface area contributed by atoms with Gasteiger partial charge in [0.1, 0.15) is 0 Å². The predicted octanol–water partition coefficient (Wildman–Crippen LogP) is 9.57. The Hall–Kier alpha value is -8.30. The number of nitrogens with zero attached hydrogens (tertiary/aromatic N) is 6. The van der Waals surface area contributed by atoms with E-state index in [0.29, 0.717) is 0 Å². The number of rotatable bonds is 9. The van der Waals surface area contributed by atoms with Gasteiger partial charge in [-0.3, -0.25) is 53.1 Å². The molecule has 0 spiro atoms. The van der Waals surface area contributed by atoms with Crippen LogP contribution in [0, 0.1) is 71.3 Å². The third-order valence-corrected chi connectivity index (χ3v) is 7.22. The van der Waals surface area contributed by atoms with Crippen LogP contribution in [0.2, 0.25) is 0 Å². The topological polar surface area (TPSA) is 237 Å². The molecular formula is C43H30N8NiO8-6. The first-order chi connectivity index (χ1) is 28.9. The summed E-state index contributed by atoms with van der Waals surface area (Å²) in [4.78, 5) is 51.9. The number of aliphatic imine (C=N–C) groups is 2. The summed E-state index contributed by atoms with van der Waals surface area (Å²) in [6.45, 7) is 5.30. The first-order valence-corrected chi connectivity index (χ1v) is 17.4. The molecule has 0 amide bonds. The number of nitro benzene ring substituents is 4. The minimum absolute atomic E-state index is 0.105. The summed E-state index contributed by atoms with van der Waals surface area (Å²) in [6.07, 6.45) is 14.4. The zero-order valence-electron chi connectivity index (χ0n) is 30.9. The second-order valence-electron chi connectivity index (χ2n) is 11.2. The van der Waals surface area contributed by atoms with E-state index < -0.39 is 19.7 Å². The van der Waals surface area contributed by atoms with Gasteiger partial charge >= 0.3 is 118 Å². The molecule has 7 rings (SSSR count). The SMILES string of the molecule is O=[N+]([O-])c1cc[c-]cc1.O=[N+]([O-])c1cc[c-]cc1.O=[N+]([O-])c1cc[c-]cc1.O=[N+]([O-])c1cc[c-]cc1.[CH-]=CC([NH-])=Cc1ccc(C=C2C=CC(C=C3C=CC([CH]=[Ni])=N3)=N2)[nH]1. The van der Waals surface area contributed by atoms with Crippen LogP contribution in [0.1, 0.15) is 11.4 Å². The van der Waals surface area contributed by atoms with Crippen molar-refractivity contribution in [2.45, 2.75) is 0 Å². The second kappa shape index (κ2) is 25.1. The van der Waals surface area contributed by atoms with Crippen molar-refractivity contribution in [2.24, 2.45) is 9.98 Å². The molecule has 0 aliphatic carbocycles. The van der Waals surface area contributed by atoms with Crippen LogP contribution in [0.4, 0.5) is 22.7 Å². The fraction of sp³-hybridized carbons (Fsp3) is 0. The zero-order valence-corrected chi connectivity index (χ0v) is 31.9. The normalized spacial score (nSPS) is 13.3. The maximum absolute atomic E-state index is 9.99. The van der Waals surface area contributed by atoms with Crippen molar-refractivity contribution in [3.63, 3.8) is 0 Å². The van der Waals surface area contributed by atoms with E-state index in [0.717, 1.165) is 34.2 Å². The molecule has 2 aliphatic rings. The van der Waals surface area contributed by atoms with Gasteiger partial charge in [-0.2, -0.15) is 72.8 Å². The number of benzene rings is 4. The molecule has 0 atom stereocenters. The molecule has 5 aromatic rings. The molecule has 0 unspecified atom stereocenters. The van der Waals surface area contributed by atoms with Gasteiger partial charge in [0.15, 0.2) is 22.7 Å². The quantitative estimate of drug-likeness (QED) is 0.0491. The molecule has 4 aromatic carbocycles. The van der Waals surface area contributed by atoms with Gasteiger partial charge in [0.2, 0.25) is 0 Å². The number of allylic oxidation sites excluding steroid dienone is 6. The standard InChI is InChI=1S/C19H14N4.4C6H4NO2.Ni/c1-3-14(20)10-15-6-7-18(22-15)12-19-9-8-17(23-19)11-16-5-4-13(2)21-16;4*8-7(9)6-4-2-1-3-5-6;/h1-12,20,22H;4*2-5H;/q-2;4*-1;. The van der Waals surface area contributed by atoms with Crippen molar-refractivity contribution in [1.29, 1.82) is 0 Å². The first-order valence-electron chi connectivity index (χ1n) is 16.8. The Labute approximate surface area is 351 Å². The van der Waals surface area contributed by atoms with Crippen molar-refractivity contribution >= 4 is 51.3 Å². The summed E-state index contributed by atoms with van der Waals surface area (Å²) in [5.41, 5.74) is 13.3. The summed E-state index contributed by atoms with van der Waals surface area (Å²) in [5, 5.41) is 40.0. The molecule has 0 radical (unpaired) electrons. The fourth-order valence-electron chi connectivity index (χ4n) is 4.20. The molecule has 16 nitrogen and oxygen atoms in total. The van der Waals surface area contributed by atoms with Gasteiger partial charge in [-0.25, -0.2) is 0 Å². The van der Waals surface area contributed by atoms with Gasteiger partial charge < -0.3 is 11.4 Å². The van der Waals surface area contributed by atoms with E-state index in [1.54, 1.807) is 11.1 Å². The number of H-pyrrole nitrogens is 1. The van der Waals surface area contributed by atoms with Crippen molar-refractivity contribution < 1.29 is 34.7 Å². The van der Waals surface area contributed by atoms with Gasteiger partial charge in [-0.05, 0) is 0 Å². The summed E-state index contributed by atoms with van der Waals surface area (Å²) in [6, 6.07) is 37.9. The van der Waals surface area contributed by atoms with Crippen LogP contribution >= 0.6 is 0 Å². The van der Waals surface area contributed by atoms with Crippen LogP contribution in [-0.4, -0.2) is 41.1 Å². The minimum atomic E-state index is -0.437. The molecular weight excluding hydrogens is 815 g/mol. The molecule has 2 aliphatic heterocycles. The molecule has 0 fully saturated rings. The number of aromatic nitrogens is 1. The molecule has 306 valence electrons. The van der Waals surface area contributed by atoms with Gasteiger partial charge in [-0.15, -0.1) is 6.08 Å². The van der Waals surface area contributed by atoms with Crippen LogP contribution in [0.15, 0.2) is 173 Å². The van der Waals surface area contributed by atoms with Crippen molar-refractivity contribution in [1.82, 2.24) is 4.98 Å². The van der Waals surface area contributed by atoms with Crippen LogP contribution in [-0.2, 0) is 15.0 Å². The van der Waals surface area contributed by atoms with Crippen LogP contribution in [0.25, 0.3) is 17.9 Å². The van der Waals surface area contributed by atoms with Gasteiger partial charge in [0, 0.05) is 19.7 Å². The maximum atomic E-state index is 9.99. The molecule has 0 bridgehead atoms. The third-order valence-electron chi connectivity index (χ3n) is 6.93. The molecule has 1 aromatic heterocycles. The van der Waals surface area contributed by atoms with Gasteiger partial charge in [0.05, 0.1) is 0 Å². The van der Waals surface area contributed by atoms with Crippen molar-refractivity contribution in [3.8, 4) is 0 Å². The molecule has 60 heavy (non-hydrogen) atoms. The Morgan fingerprint density at radius 1 is 0.567 bits per heavy atom.